The molecule has 1 fully saturated rings. The van der Waals surface area contributed by atoms with Crippen LogP contribution in [0.5, 0.6) is 0 Å². The first kappa shape index (κ1) is 11.7. The van der Waals surface area contributed by atoms with Crippen LogP contribution in [0.4, 0.5) is 0 Å². The number of nitrogens with zero attached hydrogens (tertiary/aromatic N) is 1. The summed E-state index contributed by atoms with van der Waals surface area (Å²) < 4.78 is 5.70. The van der Waals surface area contributed by atoms with Crippen LogP contribution in [0.25, 0.3) is 0 Å². The zero-order chi connectivity index (χ0) is 11.7. The summed E-state index contributed by atoms with van der Waals surface area (Å²) in [5, 5.41) is 9.73. The Labute approximate surface area is 102 Å². The SMILES string of the molecule is CN(CC(O)C1CC1)C(=O)c1ccc(Br)o1. The van der Waals surface area contributed by atoms with E-state index in [1.165, 1.54) is 4.90 Å². The van der Waals surface area contributed by atoms with Crippen LogP contribution in [0.2, 0.25) is 0 Å². The molecule has 1 amide bonds. The number of aliphatic hydroxyl groups is 1. The molecule has 0 bridgehead atoms. The van der Waals surface area contributed by atoms with E-state index in [0.717, 1.165) is 12.8 Å². The van der Waals surface area contributed by atoms with Gasteiger partial charge in [0.1, 0.15) is 0 Å². The van der Waals surface area contributed by atoms with Crippen molar-refractivity contribution in [3.8, 4) is 0 Å². The predicted octanol–water partition coefficient (Wildman–Crippen LogP) is 1.89. The highest BCUT2D eigenvalue weighted by atomic mass is 79.9. The van der Waals surface area contributed by atoms with Gasteiger partial charge in [-0.2, -0.15) is 0 Å². The fourth-order valence-corrected chi connectivity index (χ4v) is 1.92. The van der Waals surface area contributed by atoms with E-state index >= 15 is 0 Å². The van der Waals surface area contributed by atoms with Gasteiger partial charge in [-0.1, -0.05) is 0 Å². The van der Waals surface area contributed by atoms with Gasteiger partial charge in [-0.25, -0.2) is 0 Å². The molecule has 1 N–H and O–H groups in total. The molecule has 1 aromatic rings. The quantitative estimate of drug-likeness (QED) is 0.920. The fraction of sp³-hybridized carbons (Fsp3) is 0.545. The molecule has 0 aromatic carbocycles. The van der Waals surface area contributed by atoms with Crippen LogP contribution in [-0.4, -0.2) is 35.6 Å². The van der Waals surface area contributed by atoms with Gasteiger partial charge in [0.15, 0.2) is 10.4 Å². The maximum absolute atomic E-state index is 11.8. The number of furan rings is 1. The van der Waals surface area contributed by atoms with Crippen LogP contribution in [0.3, 0.4) is 0 Å². The standard InChI is InChI=1S/C11H14BrNO3/c1-13(6-8(14)7-2-3-7)11(15)9-4-5-10(12)16-9/h4-5,7-8,14H,2-3,6H2,1H3. The Morgan fingerprint density at radius 2 is 2.38 bits per heavy atom. The molecule has 1 heterocycles. The minimum Gasteiger partial charge on any atom is -0.444 e. The third kappa shape index (κ3) is 2.65. The molecule has 1 unspecified atom stereocenters. The zero-order valence-corrected chi connectivity index (χ0v) is 10.6. The zero-order valence-electron chi connectivity index (χ0n) is 9.02. The summed E-state index contributed by atoms with van der Waals surface area (Å²) in [6.07, 6.45) is 1.72. The van der Waals surface area contributed by atoms with Crippen molar-refractivity contribution in [1.29, 1.82) is 0 Å². The van der Waals surface area contributed by atoms with Crippen LogP contribution in [-0.2, 0) is 0 Å². The monoisotopic (exact) mass is 287 g/mol. The van der Waals surface area contributed by atoms with Gasteiger partial charge in [0.25, 0.3) is 5.91 Å². The molecular weight excluding hydrogens is 274 g/mol. The van der Waals surface area contributed by atoms with Gasteiger partial charge in [0.2, 0.25) is 0 Å². The third-order valence-electron chi connectivity index (χ3n) is 2.76. The lowest BCUT2D eigenvalue weighted by Gasteiger charge is -2.19. The van der Waals surface area contributed by atoms with Crippen molar-refractivity contribution < 1.29 is 14.3 Å². The average molecular weight is 288 g/mol. The summed E-state index contributed by atoms with van der Waals surface area (Å²) in [6, 6.07) is 3.30. The predicted molar refractivity (Wildman–Crippen MR) is 62.1 cm³/mol. The second-order valence-electron chi connectivity index (χ2n) is 4.19. The van der Waals surface area contributed by atoms with Gasteiger partial charge in [-0.3, -0.25) is 4.79 Å². The highest BCUT2D eigenvalue weighted by Crippen LogP contribution is 2.32. The summed E-state index contributed by atoms with van der Waals surface area (Å²) in [6.45, 7) is 0.363. The Morgan fingerprint density at radius 1 is 1.69 bits per heavy atom. The van der Waals surface area contributed by atoms with Crippen molar-refractivity contribution in [2.24, 2.45) is 5.92 Å². The highest BCUT2D eigenvalue weighted by molar-refractivity contribution is 9.10. The Morgan fingerprint density at radius 3 is 2.88 bits per heavy atom. The number of carbonyl (C=O) groups is 1. The van der Waals surface area contributed by atoms with Crippen molar-refractivity contribution in [1.82, 2.24) is 4.90 Å². The van der Waals surface area contributed by atoms with Gasteiger partial charge in [-0.05, 0) is 46.8 Å². The molecule has 1 aliphatic rings. The lowest BCUT2D eigenvalue weighted by Crippen LogP contribution is -2.35. The van der Waals surface area contributed by atoms with E-state index in [-0.39, 0.29) is 11.7 Å². The minimum atomic E-state index is -0.410. The van der Waals surface area contributed by atoms with Gasteiger partial charge < -0.3 is 14.4 Å². The molecular formula is C11H14BrNO3. The largest absolute Gasteiger partial charge is 0.444 e. The smallest absolute Gasteiger partial charge is 0.289 e. The Bertz CT molecular complexity index is 386. The number of rotatable bonds is 4. The molecule has 2 rings (SSSR count). The van der Waals surface area contributed by atoms with Crippen LogP contribution in [0, 0.1) is 5.92 Å². The first-order valence-electron chi connectivity index (χ1n) is 5.27. The number of halogens is 1. The molecule has 16 heavy (non-hydrogen) atoms. The summed E-state index contributed by atoms with van der Waals surface area (Å²) >= 11 is 3.15. The van der Waals surface area contributed by atoms with Gasteiger partial charge in [0, 0.05) is 13.6 Å². The first-order chi connectivity index (χ1) is 7.58. The minimum absolute atomic E-state index is 0.203. The number of hydrogen-bond donors (Lipinski definition) is 1. The Hall–Kier alpha value is -0.810. The summed E-state index contributed by atoms with van der Waals surface area (Å²) in [7, 11) is 1.67. The van der Waals surface area contributed by atoms with Crippen LogP contribution >= 0.6 is 15.9 Å². The fourth-order valence-electron chi connectivity index (χ4n) is 1.61. The molecule has 1 aromatic heterocycles. The Kier molecular flexibility index (Phi) is 3.35. The van der Waals surface area contributed by atoms with E-state index in [0.29, 0.717) is 17.1 Å². The lowest BCUT2D eigenvalue weighted by molar-refractivity contribution is 0.0616. The van der Waals surface area contributed by atoms with Crippen molar-refractivity contribution in [3.63, 3.8) is 0 Å². The van der Waals surface area contributed by atoms with E-state index in [1.54, 1.807) is 19.2 Å². The normalized spacial score (nSPS) is 17.2. The molecule has 0 spiro atoms. The lowest BCUT2D eigenvalue weighted by atomic mass is 10.2. The molecule has 1 saturated carbocycles. The van der Waals surface area contributed by atoms with Crippen LogP contribution < -0.4 is 0 Å². The number of aliphatic hydroxyl groups excluding tert-OH is 1. The maximum atomic E-state index is 11.8. The summed E-state index contributed by atoms with van der Waals surface area (Å²) in [5.74, 6) is 0.460. The van der Waals surface area contributed by atoms with Gasteiger partial charge in [0.05, 0.1) is 6.10 Å². The van der Waals surface area contributed by atoms with E-state index in [4.69, 9.17) is 4.42 Å². The van der Waals surface area contributed by atoms with E-state index in [9.17, 15) is 9.90 Å². The molecule has 5 heteroatoms. The van der Waals surface area contributed by atoms with E-state index in [1.807, 2.05) is 0 Å². The van der Waals surface area contributed by atoms with Crippen molar-refractivity contribution in [2.75, 3.05) is 13.6 Å². The van der Waals surface area contributed by atoms with E-state index < -0.39 is 6.10 Å². The number of hydrogen-bond acceptors (Lipinski definition) is 3. The molecule has 1 atom stereocenters. The second-order valence-corrected chi connectivity index (χ2v) is 4.98. The summed E-state index contributed by atoms with van der Waals surface area (Å²) in [5.41, 5.74) is 0. The number of amides is 1. The maximum Gasteiger partial charge on any atom is 0.289 e. The van der Waals surface area contributed by atoms with Crippen molar-refractivity contribution in [3.05, 3.63) is 22.6 Å². The topological polar surface area (TPSA) is 53.7 Å². The molecule has 0 radical (unpaired) electrons. The average Bonchev–Trinajstić information content (AvgIpc) is 3.00. The molecule has 0 saturated heterocycles. The molecule has 88 valence electrons. The van der Waals surface area contributed by atoms with E-state index in [2.05, 4.69) is 15.9 Å². The van der Waals surface area contributed by atoms with Gasteiger partial charge in [-0.15, -0.1) is 0 Å². The molecule has 4 nitrogen and oxygen atoms in total. The van der Waals surface area contributed by atoms with Crippen LogP contribution in [0.1, 0.15) is 23.4 Å². The van der Waals surface area contributed by atoms with Crippen LogP contribution in [0.15, 0.2) is 21.2 Å². The Balaban J connectivity index is 1.93. The molecule has 1 aliphatic carbocycles. The van der Waals surface area contributed by atoms with Gasteiger partial charge >= 0.3 is 0 Å². The van der Waals surface area contributed by atoms with Crippen molar-refractivity contribution >= 4 is 21.8 Å². The van der Waals surface area contributed by atoms with Crippen molar-refractivity contribution in [2.45, 2.75) is 18.9 Å². The first-order valence-corrected chi connectivity index (χ1v) is 6.06. The highest BCUT2D eigenvalue weighted by Gasteiger charge is 2.31. The third-order valence-corrected chi connectivity index (χ3v) is 3.18. The second kappa shape index (κ2) is 4.59. The summed E-state index contributed by atoms with van der Waals surface area (Å²) in [4.78, 5) is 13.3. The number of likely N-dealkylation sites (N-methyl/N-ethyl adjacent to an activating group) is 1. The molecule has 0 aliphatic heterocycles. The number of carbonyl (C=O) groups excluding carboxylic acids is 1.